The van der Waals surface area contributed by atoms with E-state index in [4.69, 9.17) is 0 Å². The molecule has 1 amide bonds. The van der Waals surface area contributed by atoms with Crippen LogP contribution in [0.5, 0.6) is 0 Å². The molecule has 1 N–H and O–H groups in total. The second kappa shape index (κ2) is 4.97. The van der Waals surface area contributed by atoms with Gasteiger partial charge in [0, 0.05) is 6.92 Å². The first-order valence-electron chi connectivity index (χ1n) is 4.22. The van der Waals surface area contributed by atoms with Gasteiger partial charge in [0.05, 0.1) is 5.70 Å². The number of nitrogens with one attached hydrogen (secondary N) is 1. The Balaban J connectivity index is 2.84. The second-order valence-corrected chi connectivity index (χ2v) is 2.81. The molecule has 0 radical (unpaired) electrons. The molecule has 14 heavy (non-hydrogen) atoms. The Bertz CT molecular complexity index is 355. The number of aldehydes is 1. The fourth-order valence-electron chi connectivity index (χ4n) is 1.03. The van der Waals surface area contributed by atoms with Crippen molar-refractivity contribution in [2.75, 3.05) is 0 Å². The highest BCUT2D eigenvalue weighted by molar-refractivity contribution is 5.88. The molecule has 0 fully saturated rings. The Morgan fingerprint density at radius 1 is 1.29 bits per heavy atom. The molecule has 0 saturated heterocycles. The van der Waals surface area contributed by atoms with E-state index in [1.807, 2.05) is 30.3 Å². The maximum Gasteiger partial charge on any atom is 0.221 e. The van der Waals surface area contributed by atoms with Gasteiger partial charge >= 0.3 is 0 Å². The molecule has 0 aliphatic heterocycles. The number of allylic oxidation sites excluding steroid dienone is 1. The smallest absolute Gasteiger partial charge is 0.221 e. The van der Waals surface area contributed by atoms with E-state index in [-0.39, 0.29) is 11.6 Å². The van der Waals surface area contributed by atoms with Crippen LogP contribution >= 0.6 is 0 Å². The van der Waals surface area contributed by atoms with E-state index in [0.29, 0.717) is 6.29 Å². The molecular weight excluding hydrogens is 178 g/mol. The zero-order valence-electron chi connectivity index (χ0n) is 7.86. The first kappa shape index (κ1) is 10.2. The minimum atomic E-state index is -0.251. The van der Waals surface area contributed by atoms with Gasteiger partial charge in [0.25, 0.3) is 0 Å². The number of hydrogen-bond acceptors (Lipinski definition) is 2. The summed E-state index contributed by atoms with van der Waals surface area (Å²) in [4.78, 5) is 21.3. The number of hydrogen-bond donors (Lipinski definition) is 1. The van der Waals surface area contributed by atoms with Gasteiger partial charge in [-0.1, -0.05) is 30.3 Å². The molecule has 3 nitrogen and oxygen atoms in total. The third-order valence-electron chi connectivity index (χ3n) is 1.57. The molecule has 0 heterocycles. The summed E-state index contributed by atoms with van der Waals surface area (Å²) in [7, 11) is 0. The van der Waals surface area contributed by atoms with Gasteiger partial charge in [0.2, 0.25) is 5.91 Å². The van der Waals surface area contributed by atoms with Crippen molar-refractivity contribution >= 4 is 18.3 Å². The van der Waals surface area contributed by atoms with E-state index in [0.717, 1.165) is 5.56 Å². The molecule has 0 saturated carbocycles. The SMILES string of the molecule is CC(=O)NC(C=O)=Cc1ccccc1. The minimum Gasteiger partial charge on any atom is -0.324 e. The topological polar surface area (TPSA) is 46.2 Å². The molecule has 1 aromatic carbocycles. The monoisotopic (exact) mass is 189 g/mol. The normalized spacial score (nSPS) is 10.8. The van der Waals surface area contributed by atoms with Crippen LogP contribution in [0.4, 0.5) is 0 Å². The fourth-order valence-corrected chi connectivity index (χ4v) is 1.03. The van der Waals surface area contributed by atoms with Crippen molar-refractivity contribution in [3.63, 3.8) is 0 Å². The standard InChI is InChI=1S/C11H11NO2/c1-9(14)12-11(8-13)7-10-5-3-2-4-6-10/h2-8H,1H3,(H,12,14). The number of carbonyl (C=O) groups is 2. The molecule has 0 aromatic heterocycles. The average Bonchev–Trinajstić information content (AvgIpc) is 2.17. The van der Waals surface area contributed by atoms with Crippen molar-refractivity contribution in [1.82, 2.24) is 5.32 Å². The second-order valence-electron chi connectivity index (χ2n) is 2.81. The largest absolute Gasteiger partial charge is 0.324 e. The van der Waals surface area contributed by atoms with Crippen LogP contribution in [-0.2, 0) is 9.59 Å². The van der Waals surface area contributed by atoms with Gasteiger partial charge in [0.15, 0.2) is 6.29 Å². The lowest BCUT2D eigenvalue weighted by molar-refractivity contribution is -0.119. The first-order chi connectivity index (χ1) is 6.72. The molecule has 1 aromatic rings. The highest BCUT2D eigenvalue weighted by Crippen LogP contribution is 2.02. The van der Waals surface area contributed by atoms with Crippen LogP contribution in [0.15, 0.2) is 36.0 Å². The van der Waals surface area contributed by atoms with Crippen LogP contribution in [0.3, 0.4) is 0 Å². The summed E-state index contributed by atoms with van der Waals surface area (Å²) in [6, 6.07) is 9.32. The Morgan fingerprint density at radius 2 is 1.93 bits per heavy atom. The van der Waals surface area contributed by atoms with Crippen LogP contribution < -0.4 is 5.32 Å². The first-order valence-corrected chi connectivity index (χ1v) is 4.22. The summed E-state index contributed by atoms with van der Waals surface area (Å²) in [6.45, 7) is 1.36. The van der Waals surface area contributed by atoms with E-state index in [9.17, 15) is 9.59 Å². The van der Waals surface area contributed by atoms with Crippen molar-refractivity contribution < 1.29 is 9.59 Å². The Labute approximate surface area is 82.4 Å². The van der Waals surface area contributed by atoms with E-state index in [2.05, 4.69) is 5.32 Å². The molecular formula is C11H11NO2. The summed E-state index contributed by atoms with van der Waals surface area (Å²) in [5.41, 5.74) is 1.15. The van der Waals surface area contributed by atoms with Gasteiger partial charge in [-0.2, -0.15) is 0 Å². The van der Waals surface area contributed by atoms with Gasteiger partial charge in [-0.3, -0.25) is 9.59 Å². The summed E-state index contributed by atoms with van der Waals surface area (Å²) in [6.07, 6.45) is 2.24. The van der Waals surface area contributed by atoms with Crippen LogP contribution in [-0.4, -0.2) is 12.2 Å². The van der Waals surface area contributed by atoms with Crippen LogP contribution in [0.1, 0.15) is 12.5 Å². The maximum absolute atomic E-state index is 10.7. The highest BCUT2D eigenvalue weighted by atomic mass is 16.2. The van der Waals surface area contributed by atoms with Gasteiger partial charge in [-0.25, -0.2) is 0 Å². The molecule has 0 bridgehead atoms. The van der Waals surface area contributed by atoms with E-state index < -0.39 is 0 Å². The molecule has 0 unspecified atom stereocenters. The quantitative estimate of drug-likeness (QED) is 0.576. The Hall–Kier alpha value is -1.90. The molecule has 72 valence electrons. The third-order valence-corrected chi connectivity index (χ3v) is 1.57. The van der Waals surface area contributed by atoms with E-state index >= 15 is 0 Å². The number of carbonyl (C=O) groups excluding carboxylic acids is 2. The average molecular weight is 189 g/mol. The Kier molecular flexibility index (Phi) is 3.61. The summed E-state index contributed by atoms with van der Waals surface area (Å²) in [5, 5.41) is 2.43. The Morgan fingerprint density at radius 3 is 2.43 bits per heavy atom. The van der Waals surface area contributed by atoms with Gasteiger partial charge in [-0.15, -0.1) is 0 Å². The van der Waals surface area contributed by atoms with Crippen molar-refractivity contribution in [2.24, 2.45) is 0 Å². The number of amides is 1. The van der Waals surface area contributed by atoms with Crippen LogP contribution in [0, 0.1) is 0 Å². The number of rotatable bonds is 3. The summed E-state index contributed by atoms with van der Waals surface area (Å²) in [5.74, 6) is -0.251. The van der Waals surface area contributed by atoms with Crippen molar-refractivity contribution in [3.8, 4) is 0 Å². The van der Waals surface area contributed by atoms with Crippen molar-refractivity contribution in [1.29, 1.82) is 0 Å². The van der Waals surface area contributed by atoms with E-state index in [1.54, 1.807) is 6.08 Å². The predicted octanol–water partition coefficient (Wildman–Crippen LogP) is 1.36. The molecule has 3 heteroatoms. The fraction of sp³-hybridized carbons (Fsp3) is 0.0909. The summed E-state index contributed by atoms with van der Waals surface area (Å²) >= 11 is 0. The zero-order valence-corrected chi connectivity index (χ0v) is 7.86. The molecule has 0 atom stereocenters. The lowest BCUT2D eigenvalue weighted by atomic mass is 10.2. The number of benzene rings is 1. The zero-order chi connectivity index (χ0) is 10.4. The minimum absolute atomic E-state index is 0.251. The van der Waals surface area contributed by atoms with E-state index in [1.165, 1.54) is 6.92 Å². The van der Waals surface area contributed by atoms with Crippen molar-refractivity contribution in [3.05, 3.63) is 41.6 Å². The summed E-state index contributed by atoms with van der Waals surface area (Å²) < 4.78 is 0. The predicted molar refractivity (Wildman–Crippen MR) is 54.3 cm³/mol. The molecule has 1 rings (SSSR count). The van der Waals surface area contributed by atoms with Gasteiger partial charge < -0.3 is 5.32 Å². The van der Waals surface area contributed by atoms with Gasteiger partial charge in [0.1, 0.15) is 0 Å². The lowest BCUT2D eigenvalue weighted by Crippen LogP contribution is -2.19. The van der Waals surface area contributed by atoms with Crippen molar-refractivity contribution in [2.45, 2.75) is 6.92 Å². The van der Waals surface area contributed by atoms with Crippen LogP contribution in [0.25, 0.3) is 6.08 Å². The van der Waals surface area contributed by atoms with Gasteiger partial charge in [-0.05, 0) is 11.6 Å². The van der Waals surface area contributed by atoms with Crippen LogP contribution in [0.2, 0.25) is 0 Å². The highest BCUT2D eigenvalue weighted by Gasteiger charge is 1.97. The third kappa shape index (κ3) is 3.23. The molecule has 0 aliphatic rings. The lowest BCUT2D eigenvalue weighted by Gasteiger charge is -1.99. The molecule has 0 aliphatic carbocycles. The maximum atomic E-state index is 10.7. The molecule has 0 spiro atoms.